The Labute approximate surface area is 205 Å². The fraction of sp³-hybridized carbons (Fsp3) is 0.308. The zero-order valence-electron chi connectivity index (χ0n) is 19.9. The molecule has 0 bridgehead atoms. The number of hydrogen-bond donors (Lipinski definition) is 1. The van der Waals surface area contributed by atoms with Crippen LogP contribution >= 0.6 is 0 Å². The summed E-state index contributed by atoms with van der Waals surface area (Å²) < 4.78 is 56.9. The maximum absolute atomic E-state index is 12.8. The lowest BCUT2D eigenvalue weighted by Crippen LogP contribution is -2.34. The Morgan fingerprint density at radius 2 is 1.81 bits per heavy atom. The molecule has 0 fully saturated rings. The molecule has 2 aromatic heterocycles. The summed E-state index contributed by atoms with van der Waals surface area (Å²) in [6.07, 6.45) is -2.66. The highest BCUT2D eigenvalue weighted by molar-refractivity contribution is 5.85. The second kappa shape index (κ2) is 9.69. The van der Waals surface area contributed by atoms with Crippen LogP contribution in [0.3, 0.4) is 0 Å². The topological polar surface area (TPSA) is 86.7 Å². The molecular formula is C26H25F3N2O5. The van der Waals surface area contributed by atoms with E-state index in [9.17, 15) is 23.1 Å². The smallest absolute Gasteiger partial charge is 0.416 e. The standard InChI is InChI=1S/C26H25F3N2O5/c1-16-21(30-23(36-16)17-4-6-19(7-5-17)26(27,28)29)15-34-12-13-35-20-8-9-22-18(14-20)10-11-31(22)25(2,3)24(32)33/h4-11,14H,12-13,15H2,1-3H3,(H,32,33). The number of benzene rings is 2. The number of hydrogen-bond acceptors (Lipinski definition) is 5. The first-order valence-corrected chi connectivity index (χ1v) is 11.2. The zero-order valence-corrected chi connectivity index (χ0v) is 19.9. The minimum Gasteiger partial charge on any atom is -0.491 e. The molecule has 0 saturated carbocycles. The quantitative estimate of drug-likeness (QED) is 0.281. The van der Waals surface area contributed by atoms with Crippen molar-refractivity contribution in [1.29, 1.82) is 0 Å². The molecule has 36 heavy (non-hydrogen) atoms. The normalized spacial score (nSPS) is 12.3. The number of rotatable bonds is 9. The van der Waals surface area contributed by atoms with Gasteiger partial charge in [-0.2, -0.15) is 13.2 Å². The zero-order chi connectivity index (χ0) is 26.1. The lowest BCUT2D eigenvalue weighted by atomic mass is 10.1. The molecule has 0 aliphatic rings. The van der Waals surface area contributed by atoms with Crippen molar-refractivity contribution in [1.82, 2.24) is 9.55 Å². The molecule has 0 spiro atoms. The van der Waals surface area contributed by atoms with Crippen LogP contribution in [0.25, 0.3) is 22.4 Å². The van der Waals surface area contributed by atoms with Crippen LogP contribution in [0.1, 0.15) is 30.9 Å². The maximum atomic E-state index is 12.8. The molecule has 0 unspecified atom stereocenters. The van der Waals surface area contributed by atoms with Gasteiger partial charge in [0.05, 0.1) is 18.8 Å². The van der Waals surface area contributed by atoms with Gasteiger partial charge in [-0.25, -0.2) is 9.78 Å². The average molecular weight is 502 g/mol. The SMILES string of the molecule is Cc1oc(-c2ccc(C(F)(F)F)cc2)nc1COCCOc1ccc2c(ccn2C(C)(C)C(=O)O)c1. The monoisotopic (exact) mass is 502 g/mol. The summed E-state index contributed by atoms with van der Waals surface area (Å²) in [5.41, 5.74) is -0.0375. The molecule has 2 aromatic carbocycles. The Balaban J connectivity index is 1.30. The van der Waals surface area contributed by atoms with Crippen molar-refractivity contribution < 1.29 is 37.0 Å². The molecule has 0 aliphatic heterocycles. The highest BCUT2D eigenvalue weighted by atomic mass is 19.4. The Morgan fingerprint density at radius 3 is 2.47 bits per heavy atom. The number of aryl methyl sites for hydroxylation is 1. The fourth-order valence-corrected chi connectivity index (χ4v) is 3.68. The molecule has 10 heteroatoms. The van der Waals surface area contributed by atoms with E-state index in [1.807, 2.05) is 18.2 Å². The highest BCUT2D eigenvalue weighted by Gasteiger charge is 2.31. The van der Waals surface area contributed by atoms with Crippen LogP contribution in [-0.2, 0) is 27.9 Å². The Kier molecular flexibility index (Phi) is 6.81. The molecular weight excluding hydrogens is 477 g/mol. The number of alkyl halides is 3. The molecule has 7 nitrogen and oxygen atoms in total. The van der Waals surface area contributed by atoms with Gasteiger partial charge < -0.3 is 23.6 Å². The van der Waals surface area contributed by atoms with E-state index in [1.54, 1.807) is 37.6 Å². The van der Waals surface area contributed by atoms with E-state index in [0.717, 1.165) is 23.0 Å². The van der Waals surface area contributed by atoms with E-state index in [4.69, 9.17) is 13.9 Å². The van der Waals surface area contributed by atoms with Gasteiger partial charge >= 0.3 is 12.1 Å². The molecule has 0 radical (unpaired) electrons. The molecule has 0 aliphatic carbocycles. The largest absolute Gasteiger partial charge is 0.491 e. The third kappa shape index (κ3) is 5.23. The number of halogens is 3. The predicted octanol–water partition coefficient (Wildman–Crippen LogP) is 6.04. The number of aromatic nitrogens is 2. The number of carboxylic acid groups (broad SMARTS) is 1. The van der Waals surface area contributed by atoms with Crippen LogP contribution < -0.4 is 4.74 Å². The van der Waals surface area contributed by atoms with Gasteiger partial charge in [0.25, 0.3) is 0 Å². The van der Waals surface area contributed by atoms with E-state index in [-0.39, 0.29) is 25.7 Å². The van der Waals surface area contributed by atoms with Gasteiger partial charge in [0, 0.05) is 22.7 Å². The molecule has 0 atom stereocenters. The second-order valence-corrected chi connectivity index (χ2v) is 8.77. The molecule has 190 valence electrons. The number of aliphatic carboxylic acids is 1. The number of ether oxygens (including phenoxy) is 2. The Bertz CT molecular complexity index is 1370. The van der Waals surface area contributed by atoms with E-state index >= 15 is 0 Å². The number of nitrogens with zero attached hydrogens (tertiary/aromatic N) is 2. The van der Waals surface area contributed by atoms with Crippen LogP contribution in [0, 0.1) is 6.92 Å². The van der Waals surface area contributed by atoms with Crippen molar-refractivity contribution in [3.63, 3.8) is 0 Å². The lowest BCUT2D eigenvalue weighted by molar-refractivity contribution is -0.145. The molecule has 1 N–H and O–H groups in total. The molecule has 4 aromatic rings. The number of carbonyl (C=O) groups is 1. The molecule has 0 amide bonds. The van der Waals surface area contributed by atoms with Crippen molar-refractivity contribution in [2.24, 2.45) is 0 Å². The van der Waals surface area contributed by atoms with Gasteiger partial charge in [-0.15, -0.1) is 0 Å². The first-order chi connectivity index (χ1) is 17.0. The summed E-state index contributed by atoms with van der Waals surface area (Å²) in [5, 5.41) is 10.3. The van der Waals surface area contributed by atoms with Gasteiger partial charge in [0.1, 0.15) is 29.3 Å². The first kappa shape index (κ1) is 25.3. The van der Waals surface area contributed by atoms with Crippen LogP contribution in [0.15, 0.2) is 59.1 Å². The van der Waals surface area contributed by atoms with Crippen LogP contribution in [0.2, 0.25) is 0 Å². The summed E-state index contributed by atoms with van der Waals surface area (Å²) in [6, 6.07) is 11.9. The summed E-state index contributed by atoms with van der Waals surface area (Å²) in [6.45, 7) is 5.69. The molecule has 2 heterocycles. The summed E-state index contributed by atoms with van der Waals surface area (Å²) >= 11 is 0. The Morgan fingerprint density at radius 1 is 1.08 bits per heavy atom. The van der Waals surface area contributed by atoms with E-state index in [0.29, 0.717) is 22.8 Å². The van der Waals surface area contributed by atoms with E-state index in [2.05, 4.69) is 4.98 Å². The van der Waals surface area contributed by atoms with Crippen LogP contribution in [0.5, 0.6) is 5.75 Å². The molecule has 0 saturated heterocycles. The predicted molar refractivity (Wildman–Crippen MR) is 126 cm³/mol. The van der Waals surface area contributed by atoms with E-state index in [1.165, 1.54) is 12.1 Å². The van der Waals surface area contributed by atoms with Gasteiger partial charge in [-0.1, -0.05) is 0 Å². The Hall–Kier alpha value is -3.79. The van der Waals surface area contributed by atoms with Gasteiger partial charge in [-0.3, -0.25) is 0 Å². The lowest BCUT2D eigenvalue weighted by Gasteiger charge is -2.23. The van der Waals surface area contributed by atoms with Gasteiger partial charge in [-0.05, 0) is 69.3 Å². The third-order valence-electron chi connectivity index (χ3n) is 5.87. The molecule has 4 rings (SSSR count). The fourth-order valence-electron chi connectivity index (χ4n) is 3.68. The summed E-state index contributed by atoms with van der Waals surface area (Å²) in [7, 11) is 0. The van der Waals surface area contributed by atoms with Crippen molar-refractivity contribution in [3.05, 3.63) is 71.7 Å². The minimum absolute atomic E-state index is 0.158. The van der Waals surface area contributed by atoms with Gasteiger partial charge in [0.15, 0.2) is 0 Å². The van der Waals surface area contributed by atoms with E-state index < -0.39 is 23.2 Å². The number of oxazole rings is 1. The van der Waals surface area contributed by atoms with Crippen molar-refractivity contribution in [2.45, 2.75) is 39.1 Å². The van der Waals surface area contributed by atoms with Crippen molar-refractivity contribution in [3.8, 4) is 17.2 Å². The van der Waals surface area contributed by atoms with Crippen LogP contribution in [-0.4, -0.2) is 33.8 Å². The maximum Gasteiger partial charge on any atom is 0.416 e. The number of carboxylic acids is 1. The van der Waals surface area contributed by atoms with Crippen molar-refractivity contribution >= 4 is 16.9 Å². The van der Waals surface area contributed by atoms with Gasteiger partial charge in [0.2, 0.25) is 5.89 Å². The minimum atomic E-state index is -4.40. The summed E-state index contributed by atoms with van der Waals surface area (Å²) in [4.78, 5) is 15.9. The van der Waals surface area contributed by atoms with Crippen molar-refractivity contribution in [2.75, 3.05) is 13.2 Å². The third-order valence-corrected chi connectivity index (χ3v) is 5.87. The second-order valence-electron chi connectivity index (χ2n) is 8.77. The van der Waals surface area contributed by atoms with Crippen LogP contribution in [0.4, 0.5) is 13.2 Å². The highest BCUT2D eigenvalue weighted by Crippen LogP contribution is 2.31. The summed E-state index contributed by atoms with van der Waals surface area (Å²) in [5.74, 6) is 0.443. The average Bonchev–Trinajstić information content (AvgIpc) is 3.42. The number of fused-ring (bicyclic) bond motifs is 1. The first-order valence-electron chi connectivity index (χ1n) is 11.2.